The zero-order valence-electron chi connectivity index (χ0n) is 19.9. The molecule has 2 aromatic carbocycles. The van der Waals surface area contributed by atoms with Gasteiger partial charge in [0.2, 0.25) is 5.91 Å². The number of halogens is 1. The Balaban J connectivity index is 1.85. The first-order chi connectivity index (χ1) is 16.5. The molecule has 0 aliphatic rings. The topological polar surface area (TPSA) is 157 Å². The first-order valence-corrected chi connectivity index (χ1v) is 11.1. The van der Waals surface area contributed by atoms with Crippen LogP contribution in [0.15, 0.2) is 42.5 Å². The van der Waals surface area contributed by atoms with E-state index in [1.807, 2.05) is 20.8 Å². The second kappa shape index (κ2) is 10.4. The number of amides is 4. The summed E-state index contributed by atoms with van der Waals surface area (Å²) in [7, 11) is 0. The Labute approximate surface area is 202 Å². The first-order valence-electron chi connectivity index (χ1n) is 11.1. The summed E-state index contributed by atoms with van der Waals surface area (Å²) in [6, 6.07) is 9.94. The third kappa shape index (κ3) is 6.25. The van der Waals surface area contributed by atoms with Crippen LogP contribution in [0.4, 0.5) is 14.9 Å². The molecule has 1 unspecified atom stereocenters. The van der Waals surface area contributed by atoms with Gasteiger partial charge in [-0.1, -0.05) is 45.0 Å². The standard InChI is InChI=1S/C24H30FN7O3/c1-24(2,3)20(22(34)28-10-11-29-23(27)35)30-21(33)19-16-6-4-5-7-18(16)32(31-19)13-14-8-9-15(26)12-17(14)25/h4-9,12,20H,10-11,13,26H2,1-3H3,(H,28,34)(H,30,33)(H3,27,29,35). The number of nitrogens with two attached hydrogens (primary N) is 2. The van der Waals surface area contributed by atoms with Crippen molar-refractivity contribution in [3.63, 3.8) is 0 Å². The molecule has 7 N–H and O–H groups in total. The summed E-state index contributed by atoms with van der Waals surface area (Å²) >= 11 is 0. The lowest BCUT2D eigenvalue weighted by molar-refractivity contribution is -0.125. The summed E-state index contributed by atoms with van der Waals surface area (Å²) in [6.45, 7) is 5.85. The molecule has 3 rings (SSSR count). The van der Waals surface area contributed by atoms with Gasteiger partial charge in [0, 0.05) is 29.7 Å². The number of rotatable bonds is 8. The summed E-state index contributed by atoms with van der Waals surface area (Å²) in [5, 5.41) is 12.9. The summed E-state index contributed by atoms with van der Waals surface area (Å²) < 4.78 is 15.9. The number of urea groups is 1. The molecule has 0 radical (unpaired) electrons. The lowest BCUT2D eigenvalue weighted by Crippen LogP contribution is -2.54. The van der Waals surface area contributed by atoms with Gasteiger partial charge in [0.1, 0.15) is 11.9 Å². The molecule has 0 aliphatic heterocycles. The number of nitrogens with one attached hydrogen (secondary N) is 3. The van der Waals surface area contributed by atoms with E-state index < -0.39 is 35.1 Å². The van der Waals surface area contributed by atoms with Crippen LogP contribution in [-0.4, -0.2) is 46.8 Å². The molecule has 0 saturated carbocycles. The number of nitrogen functional groups attached to an aromatic ring is 1. The number of anilines is 1. The van der Waals surface area contributed by atoms with Crippen LogP contribution in [0.25, 0.3) is 10.9 Å². The maximum absolute atomic E-state index is 14.4. The predicted octanol–water partition coefficient (Wildman–Crippen LogP) is 1.73. The molecule has 11 heteroatoms. The zero-order chi connectivity index (χ0) is 25.8. The summed E-state index contributed by atoms with van der Waals surface area (Å²) in [5.74, 6) is -1.42. The fraction of sp³-hybridized carbons (Fsp3) is 0.333. The number of nitrogens with zero attached hydrogens (tertiary/aromatic N) is 2. The number of fused-ring (bicyclic) bond motifs is 1. The first kappa shape index (κ1) is 25.5. The van der Waals surface area contributed by atoms with Crippen LogP contribution in [0, 0.1) is 11.2 Å². The highest BCUT2D eigenvalue weighted by Gasteiger charge is 2.34. The minimum Gasteiger partial charge on any atom is -0.399 e. The van der Waals surface area contributed by atoms with Crippen molar-refractivity contribution in [1.29, 1.82) is 0 Å². The second-order valence-corrected chi connectivity index (χ2v) is 9.23. The van der Waals surface area contributed by atoms with E-state index in [4.69, 9.17) is 11.5 Å². The Kier molecular flexibility index (Phi) is 7.58. The fourth-order valence-corrected chi connectivity index (χ4v) is 3.62. The van der Waals surface area contributed by atoms with E-state index in [9.17, 15) is 18.8 Å². The SMILES string of the molecule is CC(C)(C)C(NC(=O)c1nn(Cc2ccc(N)cc2F)c2ccccc12)C(=O)NCCNC(N)=O. The minimum atomic E-state index is -0.887. The van der Waals surface area contributed by atoms with Crippen molar-refractivity contribution in [2.45, 2.75) is 33.4 Å². The van der Waals surface area contributed by atoms with Crippen molar-refractivity contribution in [2.75, 3.05) is 18.8 Å². The molecule has 0 aliphatic carbocycles. The third-order valence-electron chi connectivity index (χ3n) is 5.40. The molecule has 1 aromatic heterocycles. The van der Waals surface area contributed by atoms with Gasteiger partial charge in [-0.05, 0) is 23.6 Å². The van der Waals surface area contributed by atoms with E-state index >= 15 is 0 Å². The quantitative estimate of drug-likeness (QED) is 0.244. The van der Waals surface area contributed by atoms with Gasteiger partial charge < -0.3 is 27.4 Å². The molecule has 1 heterocycles. The Morgan fingerprint density at radius 2 is 1.77 bits per heavy atom. The van der Waals surface area contributed by atoms with Gasteiger partial charge in [0.05, 0.1) is 12.1 Å². The van der Waals surface area contributed by atoms with Crippen LogP contribution in [0.5, 0.6) is 0 Å². The van der Waals surface area contributed by atoms with Crippen LogP contribution in [0.3, 0.4) is 0 Å². The number of carbonyl (C=O) groups excluding carboxylic acids is 3. The van der Waals surface area contributed by atoms with Gasteiger partial charge >= 0.3 is 6.03 Å². The molecule has 1 atom stereocenters. The predicted molar refractivity (Wildman–Crippen MR) is 131 cm³/mol. The minimum absolute atomic E-state index is 0.0932. The molecule has 0 saturated heterocycles. The highest BCUT2D eigenvalue weighted by molar-refractivity contribution is 6.06. The summed E-state index contributed by atoms with van der Waals surface area (Å²) in [6.07, 6.45) is 0. The largest absolute Gasteiger partial charge is 0.399 e. The zero-order valence-corrected chi connectivity index (χ0v) is 19.9. The van der Waals surface area contributed by atoms with Crippen molar-refractivity contribution in [3.05, 3.63) is 59.5 Å². The van der Waals surface area contributed by atoms with Gasteiger partial charge in [-0.15, -0.1) is 0 Å². The van der Waals surface area contributed by atoms with Gasteiger partial charge in [0.15, 0.2) is 5.69 Å². The number of aromatic nitrogens is 2. The van der Waals surface area contributed by atoms with Crippen LogP contribution in [0.2, 0.25) is 0 Å². The summed E-state index contributed by atoms with van der Waals surface area (Å²) in [5.41, 5.74) is 11.5. The number of primary amides is 1. The highest BCUT2D eigenvalue weighted by atomic mass is 19.1. The van der Waals surface area contributed by atoms with Crippen LogP contribution in [0.1, 0.15) is 36.8 Å². The van der Waals surface area contributed by atoms with E-state index in [1.54, 1.807) is 41.1 Å². The smallest absolute Gasteiger partial charge is 0.312 e. The van der Waals surface area contributed by atoms with E-state index in [2.05, 4.69) is 21.0 Å². The molecule has 35 heavy (non-hydrogen) atoms. The molecule has 10 nitrogen and oxygen atoms in total. The lowest BCUT2D eigenvalue weighted by atomic mass is 9.86. The molecular formula is C24H30FN7O3. The summed E-state index contributed by atoms with van der Waals surface area (Å²) in [4.78, 5) is 36.9. The molecule has 0 bridgehead atoms. The Bertz CT molecular complexity index is 1250. The second-order valence-electron chi connectivity index (χ2n) is 9.23. The van der Waals surface area contributed by atoms with Crippen LogP contribution < -0.4 is 27.4 Å². The number of carbonyl (C=O) groups is 3. The van der Waals surface area contributed by atoms with Crippen molar-refractivity contribution < 1.29 is 18.8 Å². The number of para-hydroxylation sites is 1. The molecule has 4 amide bonds. The van der Waals surface area contributed by atoms with Crippen LogP contribution in [-0.2, 0) is 11.3 Å². The fourth-order valence-electron chi connectivity index (χ4n) is 3.62. The molecule has 3 aromatic rings. The van der Waals surface area contributed by atoms with Crippen molar-refractivity contribution in [2.24, 2.45) is 11.1 Å². The van der Waals surface area contributed by atoms with Gasteiger partial charge in [-0.2, -0.15) is 5.10 Å². The molecule has 0 fully saturated rings. The van der Waals surface area contributed by atoms with E-state index in [0.717, 1.165) is 0 Å². The Hall–Kier alpha value is -4.15. The maximum atomic E-state index is 14.4. The lowest BCUT2D eigenvalue weighted by Gasteiger charge is -2.30. The average molecular weight is 484 g/mol. The van der Waals surface area contributed by atoms with Gasteiger partial charge in [-0.25, -0.2) is 9.18 Å². The number of hydrogen-bond donors (Lipinski definition) is 5. The van der Waals surface area contributed by atoms with Gasteiger partial charge in [0.25, 0.3) is 5.91 Å². The average Bonchev–Trinajstić information content (AvgIpc) is 3.14. The molecular weight excluding hydrogens is 453 g/mol. The Morgan fingerprint density at radius 3 is 2.43 bits per heavy atom. The van der Waals surface area contributed by atoms with E-state index in [1.165, 1.54) is 6.07 Å². The Morgan fingerprint density at radius 1 is 1.09 bits per heavy atom. The van der Waals surface area contributed by atoms with E-state index in [0.29, 0.717) is 22.2 Å². The van der Waals surface area contributed by atoms with Gasteiger partial charge in [-0.3, -0.25) is 14.3 Å². The highest BCUT2D eigenvalue weighted by Crippen LogP contribution is 2.23. The molecule has 0 spiro atoms. The van der Waals surface area contributed by atoms with Crippen LogP contribution >= 0.6 is 0 Å². The molecule has 186 valence electrons. The van der Waals surface area contributed by atoms with E-state index in [-0.39, 0.29) is 25.3 Å². The van der Waals surface area contributed by atoms with Crippen molar-refractivity contribution in [3.8, 4) is 0 Å². The third-order valence-corrected chi connectivity index (χ3v) is 5.40. The van der Waals surface area contributed by atoms with Crippen molar-refractivity contribution in [1.82, 2.24) is 25.7 Å². The normalized spacial score (nSPS) is 12.2. The number of hydrogen-bond acceptors (Lipinski definition) is 5. The monoisotopic (exact) mass is 483 g/mol. The maximum Gasteiger partial charge on any atom is 0.312 e. The number of benzene rings is 2. The van der Waals surface area contributed by atoms with Crippen molar-refractivity contribution >= 4 is 34.4 Å².